The van der Waals surface area contributed by atoms with Crippen molar-refractivity contribution in [2.24, 2.45) is 0 Å². The van der Waals surface area contributed by atoms with Crippen LogP contribution < -0.4 is 9.64 Å². The molecule has 1 aromatic carbocycles. The quantitative estimate of drug-likeness (QED) is 0.349. The summed E-state index contributed by atoms with van der Waals surface area (Å²) in [6, 6.07) is 9.82. The summed E-state index contributed by atoms with van der Waals surface area (Å²) >= 11 is 0. The molecule has 0 bridgehead atoms. The van der Waals surface area contributed by atoms with Crippen molar-refractivity contribution in [1.82, 2.24) is 19.4 Å². The van der Waals surface area contributed by atoms with Crippen molar-refractivity contribution in [1.29, 1.82) is 0 Å². The highest BCUT2D eigenvalue weighted by Crippen LogP contribution is 2.36. The number of ether oxygens (including phenoxy) is 3. The smallest absolute Gasteiger partial charge is 0.387 e. The van der Waals surface area contributed by atoms with E-state index in [0.29, 0.717) is 36.2 Å². The third-order valence-corrected chi connectivity index (χ3v) is 6.14. The molecule has 12 heteroatoms. The van der Waals surface area contributed by atoms with Crippen LogP contribution in [-0.4, -0.2) is 70.0 Å². The molecule has 1 unspecified atom stereocenters. The highest BCUT2D eigenvalue weighted by molar-refractivity contribution is 5.68. The van der Waals surface area contributed by atoms with Gasteiger partial charge in [-0.15, -0.1) is 0 Å². The number of halogens is 2. The van der Waals surface area contributed by atoms with Crippen LogP contribution in [0.25, 0.3) is 16.8 Å². The van der Waals surface area contributed by atoms with Gasteiger partial charge in [0.1, 0.15) is 24.1 Å². The van der Waals surface area contributed by atoms with Crippen LogP contribution in [0.2, 0.25) is 0 Å². The number of para-hydroxylation sites is 1. The highest BCUT2D eigenvalue weighted by Gasteiger charge is 2.27. The zero-order valence-corrected chi connectivity index (χ0v) is 20.5. The van der Waals surface area contributed by atoms with E-state index < -0.39 is 25.3 Å². The molecule has 4 aromatic rings. The minimum Gasteiger partial charge on any atom is -0.480 e. The molecule has 0 amide bonds. The lowest BCUT2D eigenvalue weighted by Gasteiger charge is -2.26. The van der Waals surface area contributed by atoms with E-state index in [9.17, 15) is 18.7 Å². The van der Waals surface area contributed by atoms with E-state index in [4.69, 9.17) is 14.2 Å². The first-order chi connectivity index (χ1) is 18.4. The van der Waals surface area contributed by atoms with Gasteiger partial charge in [-0.05, 0) is 25.1 Å². The van der Waals surface area contributed by atoms with E-state index in [0.717, 1.165) is 24.2 Å². The fraction of sp³-hybridized carbons (Fsp3) is 0.308. The number of aliphatic carboxylic acids is 1. The number of morpholine rings is 1. The first kappa shape index (κ1) is 25.5. The van der Waals surface area contributed by atoms with Gasteiger partial charge in [-0.25, -0.2) is 19.7 Å². The van der Waals surface area contributed by atoms with Crippen LogP contribution in [0.15, 0.2) is 55.0 Å². The Labute approximate surface area is 216 Å². The van der Waals surface area contributed by atoms with Gasteiger partial charge in [0.05, 0.1) is 24.6 Å². The number of rotatable bonds is 9. The van der Waals surface area contributed by atoms with Gasteiger partial charge in [0.25, 0.3) is 0 Å². The Morgan fingerprint density at radius 1 is 1.11 bits per heavy atom. The molecule has 4 heterocycles. The second-order valence-corrected chi connectivity index (χ2v) is 8.60. The molecule has 3 aromatic heterocycles. The number of aromatic nitrogens is 4. The van der Waals surface area contributed by atoms with Crippen molar-refractivity contribution in [2.75, 3.05) is 37.8 Å². The summed E-state index contributed by atoms with van der Waals surface area (Å²) < 4.78 is 43.9. The monoisotopic (exact) mass is 525 g/mol. The Morgan fingerprint density at radius 3 is 2.55 bits per heavy atom. The normalized spacial score (nSPS) is 14.7. The minimum absolute atomic E-state index is 0.115. The fourth-order valence-corrected chi connectivity index (χ4v) is 4.44. The SMILES string of the molecule is Cc1nc2ccc(-c3cnc(N4CCOCC4)nc3)cn2c1C(OCC(=O)O)c1ccccc1OC(F)F. The molecule has 0 saturated carbocycles. The Morgan fingerprint density at radius 2 is 1.84 bits per heavy atom. The zero-order valence-electron chi connectivity index (χ0n) is 20.5. The van der Waals surface area contributed by atoms with E-state index in [2.05, 4.69) is 19.9 Å². The van der Waals surface area contributed by atoms with Crippen molar-refractivity contribution in [3.8, 4) is 16.9 Å². The van der Waals surface area contributed by atoms with Crippen LogP contribution in [0.5, 0.6) is 5.75 Å². The molecule has 1 aliphatic rings. The number of carboxylic acid groups (broad SMARTS) is 1. The number of benzene rings is 1. The van der Waals surface area contributed by atoms with E-state index >= 15 is 0 Å². The number of carboxylic acids is 1. The summed E-state index contributed by atoms with van der Waals surface area (Å²) in [4.78, 5) is 27.0. The number of nitrogens with zero attached hydrogens (tertiary/aromatic N) is 5. The lowest BCUT2D eigenvalue weighted by Crippen LogP contribution is -2.37. The van der Waals surface area contributed by atoms with Crippen molar-refractivity contribution in [2.45, 2.75) is 19.6 Å². The van der Waals surface area contributed by atoms with E-state index in [1.807, 2.05) is 12.3 Å². The van der Waals surface area contributed by atoms with Gasteiger partial charge in [-0.2, -0.15) is 8.78 Å². The average molecular weight is 526 g/mol. The predicted molar refractivity (Wildman–Crippen MR) is 132 cm³/mol. The van der Waals surface area contributed by atoms with Crippen LogP contribution in [-0.2, 0) is 14.3 Å². The molecule has 198 valence electrons. The topological polar surface area (TPSA) is 111 Å². The number of anilines is 1. The molecular weight excluding hydrogens is 500 g/mol. The van der Waals surface area contributed by atoms with Gasteiger partial charge >= 0.3 is 12.6 Å². The molecule has 0 radical (unpaired) electrons. The van der Waals surface area contributed by atoms with Crippen LogP contribution in [0.3, 0.4) is 0 Å². The van der Waals surface area contributed by atoms with E-state index in [1.165, 1.54) is 6.07 Å². The Balaban J connectivity index is 1.55. The first-order valence-corrected chi connectivity index (χ1v) is 11.9. The standard InChI is InChI=1S/C26H25F2N5O5/c1-16-23(24(37-15-22(34)35)19-4-2-3-5-20(19)38-25(27)28)33-14-17(6-7-21(33)31-16)18-12-29-26(30-13-18)32-8-10-36-11-9-32/h2-7,12-14,24-25H,8-11,15H2,1H3,(H,34,35). The summed E-state index contributed by atoms with van der Waals surface area (Å²) in [6.07, 6.45) is 4.22. The molecule has 1 atom stereocenters. The van der Waals surface area contributed by atoms with E-state index in [-0.39, 0.29) is 11.3 Å². The summed E-state index contributed by atoms with van der Waals surface area (Å²) in [7, 11) is 0. The zero-order chi connectivity index (χ0) is 26.6. The lowest BCUT2D eigenvalue weighted by molar-refractivity contribution is -0.143. The number of hydrogen-bond donors (Lipinski definition) is 1. The lowest BCUT2D eigenvalue weighted by atomic mass is 10.0. The van der Waals surface area contributed by atoms with Gasteiger partial charge in [-0.3, -0.25) is 0 Å². The third kappa shape index (κ3) is 5.41. The summed E-state index contributed by atoms with van der Waals surface area (Å²) in [5, 5.41) is 9.29. The largest absolute Gasteiger partial charge is 0.480 e. The summed E-state index contributed by atoms with van der Waals surface area (Å²) in [5.41, 5.74) is 3.39. The van der Waals surface area contributed by atoms with E-state index in [1.54, 1.807) is 48.0 Å². The van der Waals surface area contributed by atoms with Crippen LogP contribution in [0.1, 0.15) is 23.1 Å². The number of fused-ring (bicyclic) bond motifs is 1. The minimum atomic E-state index is -3.06. The van der Waals surface area contributed by atoms with Crippen molar-refractivity contribution >= 4 is 17.6 Å². The first-order valence-electron chi connectivity index (χ1n) is 11.9. The Kier molecular flexibility index (Phi) is 7.43. The number of imidazole rings is 1. The highest BCUT2D eigenvalue weighted by atomic mass is 19.3. The average Bonchev–Trinajstić information content (AvgIpc) is 3.24. The van der Waals surface area contributed by atoms with Gasteiger partial charge in [0.15, 0.2) is 0 Å². The molecule has 1 fully saturated rings. The fourth-order valence-electron chi connectivity index (χ4n) is 4.44. The van der Waals surface area contributed by atoms with Crippen LogP contribution in [0, 0.1) is 6.92 Å². The number of hydrogen-bond acceptors (Lipinski definition) is 8. The van der Waals surface area contributed by atoms with Gasteiger partial charge in [-0.1, -0.05) is 18.2 Å². The molecule has 38 heavy (non-hydrogen) atoms. The second kappa shape index (κ2) is 11.1. The second-order valence-electron chi connectivity index (χ2n) is 8.60. The number of aryl methyl sites for hydroxylation is 1. The van der Waals surface area contributed by atoms with Crippen LogP contribution >= 0.6 is 0 Å². The molecule has 1 aliphatic heterocycles. The van der Waals surface area contributed by atoms with Gasteiger partial charge in [0.2, 0.25) is 5.95 Å². The number of alkyl halides is 2. The molecule has 10 nitrogen and oxygen atoms in total. The summed E-state index contributed by atoms with van der Waals surface area (Å²) in [6.45, 7) is 0.718. The Bertz CT molecular complexity index is 1420. The number of pyridine rings is 1. The maximum absolute atomic E-state index is 13.1. The van der Waals surface area contributed by atoms with Gasteiger partial charge < -0.3 is 28.6 Å². The van der Waals surface area contributed by atoms with Crippen molar-refractivity contribution < 1.29 is 32.9 Å². The predicted octanol–water partition coefficient (Wildman–Crippen LogP) is 3.73. The third-order valence-electron chi connectivity index (χ3n) is 6.14. The summed E-state index contributed by atoms with van der Waals surface area (Å²) in [5.74, 6) is -0.697. The Hall–Kier alpha value is -4.16. The molecule has 0 spiro atoms. The number of carbonyl (C=O) groups is 1. The molecular formula is C26H25F2N5O5. The molecule has 1 N–H and O–H groups in total. The molecule has 0 aliphatic carbocycles. The maximum atomic E-state index is 13.1. The van der Waals surface area contributed by atoms with Gasteiger partial charge in [0, 0.05) is 48.4 Å². The van der Waals surface area contributed by atoms with Crippen LogP contribution in [0.4, 0.5) is 14.7 Å². The molecule has 5 rings (SSSR count). The maximum Gasteiger partial charge on any atom is 0.387 e. The van der Waals surface area contributed by atoms with Crippen molar-refractivity contribution in [3.63, 3.8) is 0 Å². The van der Waals surface area contributed by atoms with Crippen molar-refractivity contribution in [3.05, 3.63) is 71.9 Å². The molecule has 1 saturated heterocycles.